The second kappa shape index (κ2) is 11.4. The van der Waals surface area contributed by atoms with Crippen LogP contribution in [0.5, 0.6) is 0 Å². The molecule has 11 rings (SSSR count). The molecule has 0 N–H and O–H groups in total. The van der Waals surface area contributed by atoms with Crippen molar-refractivity contribution in [3.63, 3.8) is 0 Å². The number of hydrogen-bond donors (Lipinski definition) is 0. The maximum Gasteiger partial charge on any atom is 0.157 e. The summed E-state index contributed by atoms with van der Waals surface area (Å²) in [7, 11) is 0. The predicted octanol–water partition coefficient (Wildman–Crippen LogP) is 8.46. The molecule has 0 bridgehead atoms. The minimum atomic E-state index is 0.364. The Kier molecular flexibility index (Phi) is 7.08. The Hall–Kier alpha value is -1.66. The fourth-order valence-corrected chi connectivity index (χ4v) is 14.6. The first kappa shape index (κ1) is 29.1. The molecule has 5 aliphatic carbocycles. The van der Waals surface area contributed by atoms with E-state index in [1.807, 2.05) is 0 Å². The van der Waals surface area contributed by atoms with Crippen molar-refractivity contribution >= 4 is 6.71 Å². The Bertz CT molecular complexity index is 1340. The van der Waals surface area contributed by atoms with Crippen LogP contribution in [-0.2, 0) is 9.47 Å². The normalized spacial score (nSPS) is 48.7. The van der Waals surface area contributed by atoms with Crippen LogP contribution in [0.15, 0.2) is 60.7 Å². The molecule has 0 spiro atoms. The Morgan fingerprint density at radius 1 is 0.468 bits per heavy atom. The molecule has 2 aromatic carbocycles. The molecule has 5 saturated carbocycles. The van der Waals surface area contributed by atoms with Gasteiger partial charge in [0.25, 0.3) is 0 Å². The zero-order chi connectivity index (χ0) is 30.6. The lowest BCUT2D eigenvalue weighted by Crippen LogP contribution is -2.82. The standard InChI is InChI=1S/C42H55BN2O2/c1-3-11-26(12-4-1)28-19-21-32-30(23-28)43-31-24-29(27-13-5-2-6-14-27)20-22-33(31)45-35-16-8-10-18-37(35)47-39-25-38-41(40(43)42(39)45)44(32)34-15-7-9-17-36(34)46-38/h1-6,11-14,28-42H,7-10,15-25H2. The molecular weight excluding hydrogens is 575 g/mol. The van der Waals surface area contributed by atoms with Gasteiger partial charge in [0.1, 0.15) is 0 Å². The summed E-state index contributed by atoms with van der Waals surface area (Å²) in [6.07, 6.45) is 21.8. The zero-order valence-electron chi connectivity index (χ0n) is 28.3. The number of morpholine rings is 2. The average Bonchev–Trinajstić information content (AvgIpc) is 3.14. The monoisotopic (exact) mass is 630 g/mol. The second-order valence-electron chi connectivity index (χ2n) is 17.7. The molecule has 14 unspecified atom stereocenters. The zero-order valence-corrected chi connectivity index (χ0v) is 28.3. The van der Waals surface area contributed by atoms with Crippen LogP contribution in [-0.4, -0.2) is 77.2 Å². The number of nitrogens with zero attached hydrogens (tertiary/aromatic N) is 2. The first-order chi connectivity index (χ1) is 23.3. The van der Waals surface area contributed by atoms with Gasteiger partial charge in [-0.05, 0) is 105 Å². The molecule has 47 heavy (non-hydrogen) atoms. The maximum absolute atomic E-state index is 7.38. The summed E-state index contributed by atoms with van der Waals surface area (Å²) in [5, 5.41) is 0. The Balaban J connectivity index is 1.06. The molecule has 2 aromatic rings. The topological polar surface area (TPSA) is 24.9 Å². The quantitative estimate of drug-likeness (QED) is 0.311. The van der Waals surface area contributed by atoms with Crippen LogP contribution in [0.3, 0.4) is 0 Å². The van der Waals surface area contributed by atoms with Crippen molar-refractivity contribution in [1.29, 1.82) is 0 Å². The van der Waals surface area contributed by atoms with Crippen molar-refractivity contribution < 1.29 is 9.47 Å². The maximum atomic E-state index is 7.38. The van der Waals surface area contributed by atoms with E-state index in [9.17, 15) is 0 Å². The van der Waals surface area contributed by atoms with E-state index in [1.54, 1.807) is 11.1 Å². The average molecular weight is 631 g/mol. The Labute approximate surface area is 283 Å². The number of fused-ring (bicyclic) bond motifs is 10. The molecule has 4 saturated heterocycles. The summed E-state index contributed by atoms with van der Waals surface area (Å²) in [4.78, 5) is 6.51. The highest BCUT2D eigenvalue weighted by Gasteiger charge is 2.71. The van der Waals surface area contributed by atoms with Gasteiger partial charge < -0.3 is 9.47 Å². The van der Waals surface area contributed by atoms with E-state index in [0.717, 1.165) is 36.9 Å². The second-order valence-corrected chi connectivity index (χ2v) is 17.7. The molecule has 9 fully saturated rings. The first-order valence-electron chi connectivity index (χ1n) is 20.3. The highest BCUT2D eigenvalue weighted by atomic mass is 16.5. The van der Waals surface area contributed by atoms with Crippen LogP contribution in [0.25, 0.3) is 0 Å². The molecule has 0 amide bonds. The molecule has 0 aromatic heterocycles. The molecule has 0 radical (unpaired) electrons. The lowest BCUT2D eigenvalue weighted by molar-refractivity contribution is -0.258. The van der Waals surface area contributed by atoms with Crippen LogP contribution in [0, 0.1) is 0 Å². The van der Waals surface area contributed by atoms with Crippen molar-refractivity contribution in [3.8, 4) is 0 Å². The molecular formula is C42H55BN2O2. The smallest absolute Gasteiger partial charge is 0.157 e. The van der Waals surface area contributed by atoms with E-state index in [1.165, 1.54) is 89.9 Å². The third-order valence-corrected chi connectivity index (χ3v) is 16.0. The van der Waals surface area contributed by atoms with Gasteiger partial charge in [-0.3, -0.25) is 9.80 Å². The van der Waals surface area contributed by atoms with Crippen LogP contribution < -0.4 is 0 Å². The van der Waals surface area contributed by atoms with Gasteiger partial charge in [-0.1, -0.05) is 86.3 Å². The Morgan fingerprint density at radius 2 is 0.936 bits per heavy atom. The fourth-order valence-electron chi connectivity index (χ4n) is 14.6. The summed E-state index contributed by atoms with van der Waals surface area (Å²) >= 11 is 0. The van der Waals surface area contributed by atoms with Crippen molar-refractivity contribution in [2.75, 3.05) is 0 Å². The number of benzene rings is 2. The SMILES string of the molecule is c1ccc(C2CCC3C(C2)B2C4CC(c5ccccc5)CCC4N4C5CCCCC5OC5CC6OC7CCCCC7N3C6C2C54)cc1. The minimum absolute atomic E-state index is 0.364. The van der Waals surface area contributed by atoms with E-state index >= 15 is 0 Å². The molecule has 9 aliphatic rings. The lowest BCUT2D eigenvalue weighted by atomic mass is 9.17. The van der Waals surface area contributed by atoms with Crippen molar-refractivity contribution in [2.45, 2.75) is 186 Å². The summed E-state index contributed by atoms with van der Waals surface area (Å²) in [5.74, 6) is 3.70. The lowest BCUT2D eigenvalue weighted by Gasteiger charge is -2.74. The van der Waals surface area contributed by atoms with E-state index in [-0.39, 0.29) is 0 Å². The van der Waals surface area contributed by atoms with Gasteiger partial charge in [0, 0.05) is 42.7 Å². The van der Waals surface area contributed by atoms with Gasteiger partial charge in [0.2, 0.25) is 0 Å². The Morgan fingerprint density at radius 3 is 1.43 bits per heavy atom. The first-order valence-corrected chi connectivity index (χ1v) is 20.3. The van der Waals surface area contributed by atoms with Crippen LogP contribution in [0.2, 0.25) is 17.5 Å². The van der Waals surface area contributed by atoms with E-state index in [2.05, 4.69) is 70.5 Å². The van der Waals surface area contributed by atoms with Crippen LogP contribution in [0.4, 0.5) is 0 Å². The van der Waals surface area contributed by atoms with Gasteiger partial charge in [-0.25, -0.2) is 0 Å². The van der Waals surface area contributed by atoms with Crippen molar-refractivity contribution in [2.24, 2.45) is 0 Å². The number of ether oxygens (including phenoxy) is 2. The highest BCUT2D eigenvalue weighted by Crippen LogP contribution is 2.66. The minimum Gasteiger partial charge on any atom is -0.372 e. The molecule has 5 heteroatoms. The molecule has 4 aliphatic heterocycles. The summed E-state index contributed by atoms with van der Waals surface area (Å²) in [6.45, 7) is 0.795. The number of rotatable bonds is 2. The predicted molar refractivity (Wildman–Crippen MR) is 188 cm³/mol. The van der Waals surface area contributed by atoms with E-state index < -0.39 is 0 Å². The van der Waals surface area contributed by atoms with Crippen LogP contribution >= 0.6 is 0 Å². The third kappa shape index (κ3) is 4.41. The van der Waals surface area contributed by atoms with Gasteiger partial charge in [-0.2, -0.15) is 0 Å². The summed E-state index contributed by atoms with van der Waals surface area (Å²) in [5.41, 5.74) is 3.21. The molecule has 248 valence electrons. The van der Waals surface area contributed by atoms with Gasteiger partial charge in [0.15, 0.2) is 6.71 Å². The fraction of sp³-hybridized carbons (Fsp3) is 0.714. The van der Waals surface area contributed by atoms with Gasteiger partial charge in [0.05, 0.1) is 24.4 Å². The van der Waals surface area contributed by atoms with E-state index in [0.29, 0.717) is 66.2 Å². The van der Waals surface area contributed by atoms with Crippen LogP contribution in [0.1, 0.15) is 119 Å². The largest absolute Gasteiger partial charge is 0.372 e. The van der Waals surface area contributed by atoms with E-state index in [4.69, 9.17) is 9.47 Å². The van der Waals surface area contributed by atoms with Gasteiger partial charge >= 0.3 is 0 Å². The molecule has 4 heterocycles. The third-order valence-electron chi connectivity index (χ3n) is 16.0. The van der Waals surface area contributed by atoms with Gasteiger partial charge in [-0.15, -0.1) is 0 Å². The highest BCUT2D eigenvalue weighted by molar-refractivity contribution is 6.65. The summed E-state index contributed by atoms with van der Waals surface area (Å²) in [6, 6.07) is 27.4. The summed E-state index contributed by atoms with van der Waals surface area (Å²) < 4.78 is 14.8. The molecule has 4 nitrogen and oxygen atoms in total. The van der Waals surface area contributed by atoms with Crippen molar-refractivity contribution in [3.05, 3.63) is 71.8 Å². The van der Waals surface area contributed by atoms with Crippen molar-refractivity contribution in [1.82, 2.24) is 9.80 Å². The molecule has 14 atom stereocenters. The number of hydrogen-bond acceptors (Lipinski definition) is 4.